The van der Waals surface area contributed by atoms with E-state index < -0.39 is 42.4 Å². The first-order valence-corrected chi connectivity index (χ1v) is 9.25. The second-order valence-corrected chi connectivity index (χ2v) is 6.90. The van der Waals surface area contributed by atoms with Crippen LogP contribution in [0.25, 0.3) is 10.8 Å². The molecule has 8 heteroatoms. The van der Waals surface area contributed by atoms with E-state index in [9.17, 15) is 18.8 Å². The molecule has 2 aromatic rings. The number of oxime groups is 1. The Morgan fingerprint density at radius 3 is 2.66 bits per heavy atom. The van der Waals surface area contributed by atoms with Crippen molar-refractivity contribution in [3.8, 4) is 0 Å². The first-order valence-electron chi connectivity index (χ1n) is 9.25. The van der Waals surface area contributed by atoms with Crippen LogP contribution < -0.4 is 5.32 Å². The summed E-state index contributed by atoms with van der Waals surface area (Å²) in [5.74, 6) is -3.00. The molecule has 7 nitrogen and oxygen atoms in total. The number of fused-ring (bicyclic) bond motifs is 1. The van der Waals surface area contributed by atoms with Gasteiger partial charge in [-0.1, -0.05) is 54.5 Å². The number of Topliss-reactive ketones (excluding diaryl/α,β-unsaturated/α-hetero) is 1. The molecule has 1 aliphatic rings. The number of amides is 1. The fourth-order valence-electron chi connectivity index (χ4n) is 3.37. The quantitative estimate of drug-likeness (QED) is 0.709. The van der Waals surface area contributed by atoms with E-state index in [1.807, 2.05) is 42.5 Å². The number of rotatable bonds is 8. The number of ketones is 1. The van der Waals surface area contributed by atoms with Crippen molar-refractivity contribution in [2.24, 2.45) is 5.16 Å². The number of carbonyl (C=O) groups is 3. The zero-order chi connectivity index (χ0) is 21.0. The Morgan fingerprint density at radius 1 is 1.24 bits per heavy atom. The van der Waals surface area contributed by atoms with Gasteiger partial charge in [-0.25, -0.2) is 4.39 Å². The van der Waals surface area contributed by atoms with E-state index in [0.29, 0.717) is 5.71 Å². The first kappa shape index (κ1) is 20.4. The lowest BCUT2D eigenvalue weighted by Gasteiger charge is -2.26. The van der Waals surface area contributed by atoms with Crippen molar-refractivity contribution >= 4 is 34.1 Å². The zero-order valence-electron chi connectivity index (χ0n) is 15.9. The molecule has 29 heavy (non-hydrogen) atoms. The molecule has 1 unspecified atom stereocenters. The van der Waals surface area contributed by atoms with Crippen molar-refractivity contribution in [2.45, 2.75) is 37.8 Å². The van der Waals surface area contributed by atoms with Crippen LogP contribution >= 0.6 is 0 Å². The summed E-state index contributed by atoms with van der Waals surface area (Å²) >= 11 is 0. The number of halogens is 1. The van der Waals surface area contributed by atoms with Gasteiger partial charge in [0.25, 0.3) is 5.91 Å². The number of hydrogen-bond acceptors (Lipinski definition) is 5. The summed E-state index contributed by atoms with van der Waals surface area (Å²) in [6.07, 6.45) is -0.321. The summed E-state index contributed by atoms with van der Waals surface area (Å²) < 4.78 is 12.8. The lowest BCUT2D eigenvalue weighted by Crippen LogP contribution is -2.53. The number of benzene rings is 2. The monoisotopic (exact) mass is 400 g/mol. The van der Waals surface area contributed by atoms with Crippen LogP contribution in [-0.4, -0.2) is 46.8 Å². The zero-order valence-corrected chi connectivity index (χ0v) is 15.9. The number of alkyl halides is 1. The predicted molar refractivity (Wildman–Crippen MR) is 104 cm³/mol. The minimum Gasteiger partial charge on any atom is -0.481 e. The highest BCUT2D eigenvalue weighted by Gasteiger charge is 2.46. The van der Waals surface area contributed by atoms with Gasteiger partial charge in [0.05, 0.1) is 12.1 Å². The third-order valence-corrected chi connectivity index (χ3v) is 5.07. The van der Waals surface area contributed by atoms with Crippen molar-refractivity contribution in [3.05, 3.63) is 48.0 Å². The van der Waals surface area contributed by atoms with Crippen molar-refractivity contribution in [1.82, 2.24) is 5.32 Å². The lowest BCUT2D eigenvalue weighted by atomic mass is 9.89. The third-order valence-electron chi connectivity index (χ3n) is 5.07. The van der Waals surface area contributed by atoms with Gasteiger partial charge in [0.2, 0.25) is 5.60 Å². The number of carboxylic acids is 1. The van der Waals surface area contributed by atoms with Gasteiger partial charge in [-0.15, -0.1) is 0 Å². The second-order valence-electron chi connectivity index (χ2n) is 6.90. The van der Waals surface area contributed by atoms with Crippen LogP contribution in [0.2, 0.25) is 0 Å². The van der Waals surface area contributed by atoms with Crippen molar-refractivity contribution in [3.63, 3.8) is 0 Å². The molecule has 0 spiro atoms. The molecule has 0 fully saturated rings. The SMILES string of the molecule is CC[C@]1(C(=O)NC(CC(=O)O)C(=O)CF)CC(c2cccc3ccccc23)=NO1. The molecule has 1 aliphatic heterocycles. The standard InChI is InChI=1S/C21H21FN2O5/c1-2-21(20(28)23-16(10-19(26)27)18(25)12-22)11-17(24-29-21)15-9-5-7-13-6-3-4-8-14(13)15/h3-9,16H,2,10-12H2,1H3,(H,23,28)(H,26,27)/t16?,21-/m1/s1. The fraction of sp³-hybridized carbons (Fsp3) is 0.333. The molecule has 0 aliphatic carbocycles. The van der Waals surface area contributed by atoms with Gasteiger partial charge in [-0.05, 0) is 17.2 Å². The Hall–Kier alpha value is -3.29. The Labute approximate surface area is 166 Å². The van der Waals surface area contributed by atoms with Gasteiger partial charge >= 0.3 is 5.97 Å². The predicted octanol–water partition coefficient (Wildman–Crippen LogP) is 2.61. The summed E-state index contributed by atoms with van der Waals surface area (Å²) in [5, 5.41) is 17.4. The summed E-state index contributed by atoms with van der Waals surface area (Å²) in [6, 6.07) is 12.0. The summed E-state index contributed by atoms with van der Waals surface area (Å²) in [7, 11) is 0. The van der Waals surface area contributed by atoms with E-state index in [1.165, 1.54) is 0 Å². The molecule has 1 amide bonds. The Bertz CT molecular complexity index is 985. The molecule has 2 aromatic carbocycles. The molecule has 0 saturated carbocycles. The Morgan fingerprint density at radius 2 is 1.97 bits per heavy atom. The molecule has 0 bridgehead atoms. The van der Waals surface area contributed by atoms with Crippen LogP contribution in [0, 0.1) is 0 Å². The topological polar surface area (TPSA) is 105 Å². The van der Waals surface area contributed by atoms with Crippen LogP contribution in [0.4, 0.5) is 4.39 Å². The van der Waals surface area contributed by atoms with Crippen LogP contribution in [0.3, 0.4) is 0 Å². The average molecular weight is 400 g/mol. The summed E-state index contributed by atoms with van der Waals surface area (Å²) in [6.45, 7) is 0.361. The third kappa shape index (κ3) is 4.11. The normalized spacial score (nSPS) is 19.3. The lowest BCUT2D eigenvalue weighted by molar-refractivity contribution is -0.148. The van der Waals surface area contributed by atoms with Crippen LogP contribution in [-0.2, 0) is 19.2 Å². The number of nitrogens with zero attached hydrogens (tertiary/aromatic N) is 1. The van der Waals surface area contributed by atoms with Crippen molar-refractivity contribution in [2.75, 3.05) is 6.67 Å². The number of hydrogen-bond donors (Lipinski definition) is 2. The molecular weight excluding hydrogens is 379 g/mol. The number of carboxylic acid groups (broad SMARTS) is 1. The number of carbonyl (C=O) groups excluding carboxylic acids is 2. The molecule has 2 atom stereocenters. The van der Waals surface area contributed by atoms with E-state index in [4.69, 9.17) is 9.94 Å². The van der Waals surface area contributed by atoms with E-state index >= 15 is 0 Å². The van der Waals surface area contributed by atoms with Crippen LogP contribution in [0.5, 0.6) is 0 Å². The molecule has 0 saturated heterocycles. The van der Waals surface area contributed by atoms with Gasteiger partial charge in [0.1, 0.15) is 12.7 Å². The number of nitrogens with one attached hydrogen (secondary N) is 1. The van der Waals surface area contributed by atoms with Crippen LogP contribution in [0.15, 0.2) is 47.6 Å². The maximum Gasteiger partial charge on any atom is 0.305 e. The van der Waals surface area contributed by atoms with E-state index in [2.05, 4.69) is 10.5 Å². The van der Waals surface area contributed by atoms with Gasteiger partial charge in [0, 0.05) is 12.0 Å². The largest absolute Gasteiger partial charge is 0.481 e. The van der Waals surface area contributed by atoms with Gasteiger partial charge in [0.15, 0.2) is 5.78 Å². The minimum atomic E-state index is -1.46. The molecule has 0 radical (unpaired) electrons. The van der Waals surface area contributed by atoms with Crippen molar-refractivity contribution < 1.29 is 28.7 Å². The van der Waals surface area contributed by atoms with E-state index in [0.717, 1.165) is 16.3 Å². The van der Waals surface area contributed by atoms with Gasteiger partial charge in [-0.3, -0.25) is 14.4 Å². The molecule has 152 valence electrons. The smallest absolute Gasteiger partial charge is 0.305 e. The first-order chi connectivity index (χ1) is 13.9. The highest BCUT2D eigenvalue weighted by molar-refractivity contribution is 6.13. The Balaban J connectivity index is 1.83. The molecule has 2 N–H and O–H groups in total. The molecule has 1 heterocycles. The summed E-state index contributed by atoms with van der Waals surface area (Å²) in [4.78, 5) is 41.0. The van der Waals surface area contributed by atoms with Crippen molar-refractivity contribution in [1.29, 1.82) is 0 Å². The summed E-state index contributed by atoms with van der Waals surface area (Å²) in [5.41, 5.74) is 0.0122. The molecule has 0 aromatic heterocycles. The second kappa shape index (κ2) is 8.38. The molecule has 3 rings (SSSR count). The fourth-order valence-corrected chi connectivity index (χ4v) is 3.37. The highest BCUT2D eigenvalue weighted by atomic mass is 19.1. The minimum absolute atomic E-state index is 0.146. The van der Waals surface area contributed by atoms with Gasteiger partial charge < -0.3 is 15.3 Å². The maximum atomic E-state index is 12.9. The number of aliphatic carboxylic acids is 1. The van der Waals surface area contributed by atoms with E-state index in [-0.39, 0.29) is 12.8 Å². The van der Waals surface area contributed by atoms with E-state index in [1.54, 1.807) is 6.92 Å². The molecular formula is C21H21FN2O5. The highest BCUT2D eigenvalue weighted by Crippen LogP contribution is 2.32. The average Bonchev–Trinajstić information content (AvgIpc) is 3.17. The Kier molecular flexibility index (Phi) is 5.91. The van der Waals surface area contributed by atoms with Gasteiger partial charge in [-0.2, -0.15) is 0 Å². The van der Waals surface area contributed by atoms with Crippen LogP contribution in [0.1, 0.15) is 31.7 Å². The maximum absolute atomic E-state index is 12.9.